The molecule has 24 heavy (non-hydrogen) atoms. The fourth-order valence-corrected chi connectivity index (χ4v) is 6.34. The molecular weight excluding hydrogens is 362 g/mol. The Kier molecular flexibility index (Phi) is 5.32. The van der Waals surface area contributed by atoms with E-state index in [-0.39, 0.29) is 18.2 Å². The number of carbonyl (C=O) groups excluding carboxylic acids is 1. The molecule has 0 unspecified atom stereocenters. The van der Waals surface area contributed by atoms with Crippen molar-refractivity contribution in [2.75, 3.05) is 25.1 Å². The van der Waals surface area contributed by atoms with Gasteiger partial charge in [0, 0.05) is 28.4 Å². The minimum Gasteiger partial charge on any atom is -0.338 e. The van der Waals surface area contributed by atoms with Crippen molar-refractivity contribution in [3.63, 3.8) is 0 Å². The third kappa shape index (κ3) is 3.68. The van der Waals surface area contributed by atoms with Crippen molar-refractivity contribution in [2.45, 2.75) is 16.6 Å². The molecule has 2 aromatic rings. The molecule has 128 valence electrons. The molecule has 1 aliphatic rings. The summed E-state index contributed by atoms with van der Waals surface area (Å²) in [6.07, 6.45) is 2.42. The highest BCUT2D eigenvalue weighted by atomic mass is 32.2. The molecule has 1 saturated heterocycles. The molecule has 4 nitrogen and oxygen atoms in total. The second kappa shape index (κ2) is 7.29. The number of hydrogen-bond acceptors (Lipinski definition) is 5. The summed E-state index contributed by atoms with van der Waals surface area (Å²) in [5, 5.41) is 1.40. The fraction of sp³-hybridized carbons (Fsp3) is 0.353. The predicted octanol–water partition coefficient (Wildman–Crippen LogP) is 3.47. The van der Waals surface area contributed by atoms with Gasteiger partial charge in [0.25, 0.3) is 5.91 Å². The smallest absolute Gasteiger partial charge is 0.253 e. The minimum atomic E-state index is -3.23. The number of carbonyl (C=O) groups is 1. The van der Waals surface area contributed by atoms with E-state index in [1.165, 1.54) is 11.3 Å². The molecule has 0 radical (unpaired) electrons. The molecule has 0 spiro atoms. The fourth-order valence-electron chi connectivity index (χ4n) is 2.88. The van der Waals surface area contributed by atoms with Gasteiger partial charge < -0.3 is 4.90 Å². The first-order valence-corrected chi connectivity index (χ1v) is 11.5. The van der Waals surface area contributed by atoms with E-state index in [1.54, 1.807) is 22.7 Å². The molecule has 0 saturated carbocycles. The number of benzene rings is 1. The highest BCUT2D eigenvalue weighted by molar-refractivity contribution is 7.98. The van der Waals surface area contributed by atoms with Gasteiger partial charge in [0.2, 0.25) is 0 Å². The third-order valence-electron chi connectivity index (χ3n) is 4.20. The molecule has 0 N–H and O–H groups in total. The van der Waals surface area contributed by atoms with Crippen molar-refractivity contribution >= 4 is 38.8 Å². The number of amides is 1. The molecule has 1 amide bonds. The maximum Gasteiger partial charge on any atom is 0.253 e. The van der Waals surface area contributed by atoms with Crippen LogP contribution in [0, 0.1) is 0 Å². The van der Waals surface area contributed by atoms with E-state index in [0.717, 1.165) is 9.77 Å². The molecule has 3 rings (SSSR count). The van der Waals surface area contributed by atoms with Gasteiger partial charge in [0.1, 0.15) is 0 Å². The first-order chi connectivity index (χ1) is 11.5. The van der Waals surface area contributed by atoms with Crippen LogP contribution in [-0.2, 0) is 9.84 Å². The third-order valence-corrected chi connectivity index (χ3v) is 8.17. The summed E-state index contributed by atoms with van der Waals surface area (Å²) in [5.74, 6) is -0.0725. The molecule has 2 heterocycles. The standard InChI is InChI=1S/C17H19NO3S3/c1-22-14-5-2-4-13(12-14)17(19)18-8-7-16(15-6-3-10-23-15)24(20,21)11-9-18/h2-6,10,12,16H,7-9,11H2,1H3/t16-/m1/s1. The van der Waals surface area contributed by atoms with E-state index in [2.05, 4.69) is 0 Å². The molecule has 1 aromatic carbocycles. The Labute approximate surface area is 150 Å². The van der Waals surface area contributed by atoms with Gasteiger partial charge in [-0.05, 0) is 42.3 Å². The first kappa shape index (κ1) is 17.5. The van der Waals surface area contributed by atoms with Crippen LogP contribution in [0.5, 0.6) is 0 Å². The Bertz CT molecular complexity index is 815. The van der Waals surface area contributed by atoms with E-state index >= 15 is 0 Å². The van der Waals surface area contributed by atoms with Crippen molar-refractivity contribution in [3.05, 3.63) is 52.2 Å². The zero-order valence-corrected chi connectivity index (χ0v) is 15.8. The van der Waals surface area contributed by atoms with Gasteiger partial charge >= 0.3 is 0 Å². The summed E-state index contributed by atoms with van der Waals surface area (Å²) in [6.45, 7) is 0.719. The van der Waals surface area contributed by atoms with Gasteiger partial charge in [-0.1, -0.05) is 12.1 Å². The van der Waals surface area contributed by atoms with Gasteiger partial charge in [-0.25, -0.2) is 8.42 Å². The molecule has 0 aliphatic carbocycles. The van der Waals surface area contributed by atoms with E-state index in [1.807, 2.05) is 42.0 Å². The lowest BCUT2D eigenvalue weighted by Crippen LogP contribution is -2.33. The van der Waals surface area contributed by atoms with E-state index in [4.69, 9.17) is 0 Å². The predicted molar refractivity (Wildman–Crippen MR) is 99.6 cm³/mol. The molecule has 7 heteroatoms. The highest BCUT2D eigenvalue weighted by Gasteiger charge is 2.33. The maximum atomic E-state index is 12.7. The van der Waals surface area contributed by atoms with Gasteiger partial charge in [-0.15, -0.1) is 23.1 Å². The second-order valence-corrected chi connectivity index (χ2v) is 9.85. The largest absolute Gasteiger partial charge is 0.338 e. The average Bonchev–Trinajstić information content (AvgIpc) is 3.06. The molecule has 0 bridgehead atoms. The summed E-state index contributed by atoms with van der Waals surface area (Å²) in [6, 6.07) is 11.2. The lowest BCUT2D eigenvalue weighted by atomic mass is 10.2. The summed E-state index contributed by atoms with van der Waals surface area (Å²) < 4.78 is 25.1. The molecule has 1 fully saturated rings. The van der Waals surface area contributed by atoms with Crippen LogP contribution in [0.15, 0.2) is 46.7 Å². The van der Waals surface area contributed by atoms with Gasteiger partial charge in [0.15, 0.2) is 9.84 Å². The van der Waals surface area contributed by atoms with E-state index in [9.17, 15) is 13.2 Å². The van der Waals surface area contributed by atoms with E-state index in [0.29, 0.717) is 18.5 Å². The van der Waals surface area contributed by atoms with Crippen LogP contribution in [0.2, 0.25) is 0 Å². The number of thioether (sulfide) groups is 1. The molecular formula is C17H19NO3S3. The van der Waals surface area contributed by atoms with Crippen LogP contribution in [0.25, 0.3) is 0 Å². The summed E-state index contributed by atoms with van der Waals surface area (Å²) >= 11 is 3.05. The number of nitrogens with zero attached hydrogens (tertiary/aromatic N) is 1. The summed E-state index contributed by atoms with van der Waals surface area (Å²) in [5.41, 5.74) is 0.619. The molecule has 1 atom stereocenters. The maximum absolute atomic E-state index is 12.7. The lowest BCUT2D eigenvalue weighted by Gasteiger charge is -2.20. The SMILES string of the molecule is CSc1cccc(C(=O)N2CC[C@H](c3cccs3)S(=O)(=O)CC2)c1. The second-order valence-electron chi connectivity index (χ2n) is 5.68. The van der Waals surface area contributed by atoms with Crippen LogP contribution in [0.3, 0.4) is 0 Å². The number of rotatable bonds is 3. The van der Waals surface area contributed by atoms with E-state index < -0.39 is 15.1 Å². The lowest BCUT2D eigenvalue weighted by molar-refractivity contribution is 0.0766. The topological polar surface area (TPSA) is 54.5 Å². The first-order valence-electron chi connectivity index (χ1n) is 7.69. The van der Waals surface area contributed by atoms with Crippen LogP contribution in [0.4, 0.5) is 0 Å². The quantitative estimate of drug-likeness (QED) is 0.764. The van der Waals surface area contributed by atoms with Crippen LogP contribution >= 0.6 is 23.1 Å². The Morgan fingerprint density at radius 3 is 2.79 bits per heavy atom. The monoisotopic (exact) mass is 381 g/mol. The normalized spacial score (nSPS) is 20.5. The van der Waals surface area contributed by atoms with Crippen LogP contribution < -0.4 is 0 Å². The molecule has 1 aromatic heterocycles. The van der Waals surface area contributed by atoms with Crippen molar-refractivity contribution in [3.8, 4) is 0 Å². The Balaban J connectivity index is 1.80. The number of sulfone groups is 1. The Morgan fingerprint density at radius 1 is 1.25 bits per heavy atom. The van der Waals surface area contributed by atoms with Crippen molar-refractivity contribution in [1.82, 2.24) is 4.90 Å². The Hall–Kier alpha value is -1.31. The van der Waals surface area contributed by atoms with Crippen molar-refractivity contribution in [2.24, 2.45) is 0 Å². The molecule has 1 aliphatic heterocycles. The van der Waals surface area contributed by atoms with Gasteiger partial charge in [-0.3, -0.25) is 4.79 Å². The summed E-state index contributed by atoms with van der Waals surface area (Å²) in [7, 11) is -3.23. The van der Waals surface area contributed by atoms with Crippen LogP contribution in [0.1, 0.15) is 26.9 Å². The minimum absolute atomic E-state index is 0.0174. The summed E-state index contributed by atoms with van der Waals surface area (Å²) in [4.78, 5) is 16.3. The van der Waals surface area contributed by atoms with Gasteiger partial charge in [-0.2, -0.15) is 0 Å². The van der Waals surface area contributed by atoms with Crippen molar-refractivity contribution in [1.29, 1.82) is 0 Å². The van der Waals surface area contributed by atoms with Crippen molar-refractivity contribution < 1.29 is 13.2 Å². The van der Waals surface area contributed by atoms with Gasteiger partial charge in [0.05, 0.1) is 11.0 Å². The zero-order valence-electron chi connectivity index (χ0n) is 13.3. The number of thiophene rings is 1. The Morgan fingerprint density at radius 2 is 2.08 bits per heavy atom. The zero-order chi connectivity index (χ0) is 17.2. The number of hydrogen-bond donors (Lipinski definition) is 0. The average molecular weight is 382 g/mol. The highest BCUT2D eigenvalue weighted by Crippen LogP contribution is 2.32. The van der Waals surface area contributed by atoms with Crippen LogP contribution in [-0.4, -0.2) is 44.3 Å².